The number of hydrogen-bond acceptors (Lipinski definition) is 2. The number of esters is 1. The molecule has 1 rings (SSSR count). The van der Waals surface area contributed by atoms with Gasteiger partial charge in [-0.15, -0.1) is 0 Å². The fourth-order valence-electron chi connectivity index (χ4n) is 1.50. The topological polar surface area (TPSA) is 26.3 Å². The van der Waals surface area contributed by atoms with E-state index in [0.29, 0.717) is 6.61 Å². The van der Waals surface area contributed by atoms with Crippen LogP contribution in [-0.4, -0.2) is 12.6 Å². The van der Waals surface area contributed by atoms with E-state index in [1.165, 1.54) is 19.8 Å². The summed E-state index contributed by atoms with van der Waals surface area (Å²) in [6.45, 7) is 8.71. The number of rotatable bonds is 2. The second kappa shape index (κ2) is 2.75. The molecule has 0 spiro atoms. The van der Waals surface area contributed by atoms with Gasteiger partial charge in [-0.2, -0.15) is 0 Å². The second-order valence-corrected chi connectivity index (χ2v) is 4.81. The van der Waals surface area contributed by atoms with Crippen molar-refractivity contribution < 1.29 is 9.53 Å². The van der Waals surface area contributed by atoms with Crippen molar-refractivity contribution in [1.29, 1.82) is 0 Å². The Morgan fingerprint density at radius 3 is 2.17 bits per heavy atom. The average Bonchev–Trinajstić information content (AvgIpc) is 2.60. The van der Waals surface area contributed by atoms with Crippen LogP contribution in [-0.2, 0) is 9.53 Å². The normalized spacial score (nSPS) is 20.3. The third kappa shape index (κ3) is 1.79. The molecule has 0 unspecified atom stereocenters. The summed E-state index contributed by atoms with van der Waals surface area (Å²) in [5.74, 6) is -0.162. The minimum absolute atomic E-state index is 0.162. The Hall–Kier alpha value is -0.530. The monoisotopic (exact) mass is 170 g/mol. The summed E-state index contributed by atoms with van der Waals surface area (Å²) < 4.78 is 5.06. The molecule has 0 heterocycles. The molecule has 0 aliphatic heterocycles. The second-order valence-electron chi connectivity index (χ2n) is 4.81. The van der Waals surface area contributed by atoms with Crippen LogP contribution < -0.4 is 0 Å². The molecule has 0 amide bonds. The van der Waals surface area contributed by atoms with Gasteiger partial charge in [0.15, 0.2) is 0 Å². The molecule has 0 bridgehead atoms. The molecule has 1 fully saturated rings. The van der Waals surface area contributed by atoms with E-state index in [0.717, 1.165) is 0 Å². The molecule has 0 atom stereocenters. The molecule has 1 aliphatic carbocycles. The van der Waals surface area contributed by atoms with Crippen LogP contribution in [0.5, 0.6) is 0 Å². The lowest BCUT2D eigenvalue weighted by Crippen LogP contribution is -2.27. The first-order valence-electron chi connectivity index (χ1n) is 4.51. The molecule has 0 N–H and O–H groups in total. The molecule has 12 heavy (non-hydrogen) atoms. The molecule has 0 aromatic heterocycles. The van der Waals surface area contributed by atoms with E-state index in [1.54, 1.807) is 0 Å². The Labute approximate surface area is 74.3 Å². The van der Waals surface area contributed by atoms with E-state index >= 15 is 0 Å². The molecule has 0 aromatic rings. The van der Waals surface area contributed by atoms with Gasteiger partial charge in [0.2, 0.25) is 0 Å². The Morgan fingerprint density at radius 1 is 1.42 bits per heavy atom. The van der Waals surface area contributed by atoms with E-state index in [-0.39, 0.29) is 16.8 Å². The number of hydrogen-bond donors (Lipinski definition) is 0. The summed E-state index contributed by atoms with van der Waals surface area (Å²) in [5.41, 5.74) is 0.543. The van der Waals surface area contributed by atoms with Gasteiger partial charge in [-0.05, 0) is 18.3 Å². The fraction of sp³-hybridized carbons (Fsp3) is 0.900. The third-order valence-corrected chi connectivity index (χ3v) is 3.00. The van der Waals surface area contributed by atoms with E-state index < -0.39 is 0 Å². The van der Waals surface area contributed by atoms with Crippen molar-refractivity contribution in [3.05, 3.63) is 0 Å². The van der Waals surface area contributed by atoms with Gasteiger partial charge >= 0.3 is 5.97 Å². The van der Waals surface area contributed by atoms with Crippen LogP contribution in [0.15, 0.2) is 0 Å². The quantitative estimate of drug-likeness (QED) is 0.595. The highest BCUT2D eigenvalue weighted by molar-refractivity contribution is 5.66. The van der Waals surface area contributed by atoms with Gasteiger partial charge in [0.05, 0.1) is 6.61 Å². The first-order chi connectivity index (χ1) is 5.37. The smallest absolute Gasteiger partial charge is 0.302 e. The zero-order chi connectivity index (χ0) is 9.41. The SMILES string of the molecule is CC(=O)OCC1(C(C)(C)C)CC1. The average molecular weight is 170 g/mol. The molecule has 70 valence electrons. The van der Waals surface area contributed by atoms with Gasteiger partial charge < -0.3 is 4.74 Å². The fourth-order valence-corrected chi connectivity index (χ4v) is 1.50. The molecule has 1 aliphatic rings. The summed E-state index contributed by atoms with van der Waals surface area (Å²) in [6.07, 6.45) is 2.40. The van der Waals surface area contributed by atoms with Gasteiger partial charge in [-0.3, -0.25) is 4.79 Å². The van der Waals surface area contributed by atoms with Crippen LogP contribution >= 0.6 is 0 Å². The minimum Gasteiger partial charge on any atom is -0.465 e. The van der Waals surface area contributed by atoms with E-state index in [9.17, 15) is 4.79 Å². The van der Waals surface area contributed by atoms with Gasteiger partial charge in [0.1, 0.15) is 0 Å². The molecule has 0 radical (unpaired) electrons. The van der Waals surface area contributed by atoms with E-state index in [1.807, 2.05) is 0 Å². The highest BCUT2D eigenvalue weighted by Gasteiger charge is 2.52. The van der Waals surface area contributed by atoms with Crippen molar-refractivity contribution >= 4 is 5.97 Å². The molecule has 0 saturated heterocycles. The lowest BCUT2D eigenvalue weighted by molar-refractivity contribution is -0.144. The van der Waals surface area contributed by atoms with Crippen LogP contribution in [0.25, 0.3) is 0 Å². The van der Waals surface area contributed by atoms with Crippen molar-refractivity contribution in [3.63, 3.8) is 0 Å². The highest BCUT2D eigenvalue weighted by Crippen LogP contribution is 2.58. The maximum atomic E-state index is 10.6. The highest BCUT2D eigenvalue weighted by atomic mass is 16.5. The summed E-state index contributed by atoms with van der Waals surface area (Å²) >= 11 is 0. The molecule has 0 aromatic carbocycles. The maximum Gasteiger partial charge on any atom is 0.302 e. The van der Waals surface area contributed by atoms with Crippen LogP contribution in [0.1, 0.15) is 40.5 Å². The van der Waals surface area contributed by atoms with Gasteiger partial charge in [-0.1, -0.05) is 20.8 Å². The summed E-state index contributed by atoms with van der Waals surface area (Å²) in [6, 6.07) is 0. The van der Waals surface area contributed by atoms with Crippen molar-refractivity contribution in [1.82, 2.24) is 0 Å². The Kier molecular flexibility index (Phi) is 2.19. The minimum atomic E-state index is -0.162. The molecule has 2 heteroatoms. The van der Waals surface area contributed by atoms with Crippen LogP contribution in [0.2, 0.25) is 0 Å². The third-order valence-electron chi connectivity index (χ3n) is 3.00. The first kappa shape index (κ1) is 9.56. The Morgan fingerprint density at radius 2 is 1.92 bits per heavy atom. The van der Waals surface area contributed by atoms with Crippen molar-refractivity contribution in [2.24, 2.45) is 10.8 Å². The largest absolute Gasteiger partial charge is 0.465 e. The summed E-state index contributed by atoms with van der Waals surface area (Å²) in [7, 11) is 0. The summed E-state index contributed by atoms with van der Waals surface area (Å²) in [5, 5.41) is 0. The van der Waals surface area contributed by atoms with Gasteiger partial charge in [-0.25, -0.2) is 0 Å². The number of carbonyl (C=O) groups is 1. The van der Waals surface area contributed by atoms with E-state index in [2.05, 4.69) is 20.8 Å². The lowest BCUT2D eigenvalue weighted by Gasteiger charge is -2.30. The van der Waals surface area contributed by atoms with Crippen LogP contribution in [0.3, 0.4) is 0 Å². The first-order valence-corrected chi connectivity index (χ1v) is 4.51. The van der Waals surface area contributed by atoms with Crippen molar-refractivity contribution in [2.45, 2.75) is 40.5 Å². The van der Waals surface area contributed by atoms with Crippen LogP contribution in [0, 0.1) is 10.8 Å². The number of ether oxygens (including phenoxy) is 1. The lowest BCUT2D eigenvalue weighted by atomic mass is 9.78. The Bertz CT molecular complexity index is 185. The maximum absolute atomic E-state index is 10.6. The standard InChI is InChI=1S/C10H18O2/c1-8(11)12-7-10(5-6-10)9(2,3)4/h5-7H2,1-4H3. The predicted octanol–water partition coefficient (Wildman–Crippen LogP) is 2.38. The zero-order valence-electron chi connectivity index (χ0n) is 8.44. The Balaban J connectivity index is 2.46. The van der Waals surface area contributed by atoms with Gasteiger partial charge in [0.25, 0.3) is 0 Å². The molecule has 1 saturated carbocycles. The number of carbonyl (C=O) groups excluding carboxylic acids is 1. The molecular weight excluding hydrogens is 152 g/mol. The molecular formula is C10H18O2. The van der Waals surface area contributed by atoms with E-state index in [4.69, 9.17) is 4.74 Å². The van der Waals surface area contributed by atoms with Gasteiger partial charge in [0, 0.05) is 12.3 Å². The van der Waals surface area contributed by atoms with Crippen molar-refractivity contribution in [3.8, 4) is 0 Å². The zero-order valence-corrected chi connectivity index (χ0v) is 8.44. The molecule has 2 nitrogen and oxygen atoms in total. The van der Waals surface area contributed by atoms with Crippen LogP contribution in [0.4, 0.5) is 0 Å². The summed E-state index contributed by atoms with van der Waals surface area (Å²) in [4.78, 5) is 10.6. The predicted molar refractivity (Wildman–Crippen MR) is 47.8 cm³/mol. The van der Waals surface area contributed by atoms with Crippen molar-refractivity contribution in [2.75, 3.05) is 6.61 Å².